The highest BCUT2D eigenvalue weighted by Gasteiger charge is 2.42. The van der Waals surface area contributed by atoms with Gasteiger partial charge in [0.2, 0.25) is 0 Å². The molecule has 0 amide bonds. The highest BCUT2D eigenvalue weighted by Crippen LogP contribution is 2.41. The first kappa shape index (κ1) is 15.3. The normalized spacial score (nSPS) is 37.6. The van der Waals surface area contributed by atoms with Gasteiger partial charge in [0.1, 0.15) is 0 Å². The second-order valence-corrected chi connectivity index (χ2v) is 7.79. The SMILES string of the molecule is CCCNC1C(N(C)CC2CC2C)CCCC1(C)C. The maximum atomic E-state index is 3.86. The zero-order valence-electron chi connectivity index (χ0n) is 13.7. The summed E-state index contributed by atoms with van der Waals surface area (Å²) >= 11 is 0. The van der Waals surface area contributed by atoms with Gasteiger partial charge in [0.25, 0.3) is 0 Å². The van der Waals surface area contributed by atoms with Gasteiger partial charge < -0.3 is 10.2 Å². The average molecular weight is 266 g/mol. The zero-order chi connectivity index (χ0) is 14.0. The Hall–Kier alpha value is -0.0800. The van der Waals surface area contributed by atoms with Gasteiger partial charge in [-0.1, -0.05) is 34.1 Å². The first-order valence-electron chi connectivity index (χ1n) is 8.39. The van der Waals surface area contributed by atoms with Gasteiger partial charge in [-0.05, 0) is 56.5 Å². The van der Waals surface area contributed by atoms with E-state index in [-0.39, 0.29) is 0 Å². The van der Waals surface area contributed by atoms with Crippen LogP contribution in [0.1, 0.15) is 59.8 Å². The van der Waals surface area contributed by atoms with Gasteiger partial charge >= 0.3 is 0 Å². The number of nitrogens with one attached hydrogen (secondary N) is 1. The van der Waals surface area contributed by atoms with Crippen LogP contribution >= 0.6 is 0 Å². The Bertz CT molecular complexity index is 287. The molecule has 0 aromatic rings. The highest BCUT2D eigenvalue weighted by atomic mass is 15.2. The molecular weight excluding hydrogens is 232 g/mol. The second-order valence-electron chi connectivity index (χ2n) is 7.79. The summed E-state index contributed by atoms with van der Waals surface area (Å²) < 4.78 is 0. The molecule has 4 unspecified atom stereocenters. The van der Waals surface area contributed by atoms with Gasteiger partial charge in [-0.15, -0.1) is 0 Å². The average Bonchev–Trinajstić information content (AvgIpc) is 3.02. The third kappa shape index (κ3) is 3.72. The Morgan fingerprint density at radius 3 is 2.58 bits per heavy atom. The number of hydrogen-bond acceptors (Lipinski definition) is 2. The Balaban J connectivity index is 1.97. The smallest absolute Gasteiger partial charge is 0.0274 e. The summed E-state index contributed by atoms with van der Waals surface area (Å²) in [7, 11) is 2.36. The molecule has 0 saturated heterocycles. The fraction of sp³-hybridized carbons (Fsp3) is 1.00. The molecule has 0 aromatic heterocycles. The Labute approximate surface area is 120 Å². The summed E-state index contributed by atoms with van der Waals surface area (Å²) in [5.41, 5.74) is 0.446. The van der Waals surface area contributed by atoms with Crippen LogP contribution < -0.4 is 5.32 Å². The third-order valence-electron chi connectivity index (χ3n) is 5.53. The molecule has 2 nitrogen and oxygen atoms in total. The first-order valence-corrected chi connectivity index (χ1v) is 8.39. The van der Waals surface area contributed by atoms with Crippen molar-refractivity contribution in [1.29, 1.82) is 0 Å². The summed E-state index contributed by atoms with van der Waals surface area (Å²) in [5.74, 6) is 1.95. The molecule has 2 heteroatoms. The number of nitrogens with zero attached hydrogens (tertiary/aromatic N) is 1. The van der Waals surface area contributed by atoms with E-state index in [4.69, 9.17) is 0 Å². The van der Waals surface area contributed by atoms with Crippen LogP contribution in [0.4, 0.5) is 0 Å². The Kier molecular flexibility index (Phi) is 4.94. The van der Waals surface area contributed by atoms with Crippen LogP contribution in [0.25, 0.3) is 0 Å². The molecule has 2 aliphatic carbocycles. The van der Waals surface area contributed by atoms with Crippen molar-refractivity contribution >= 4 is 0 Å². The van der Waals surface area contributed by atoms with E-state index in [2.05, 4.69) is 45.0 Å². The van der Waals surface area contributed by atoms with E-state index < -0.39 is 0 Å². The highest BCUT2D eigenvalue weighted by molar-refractivity contribution is 4.98. The molecule has 0 bridgehead atoms. The van der Waals surface area contributed by atoms with Crippen LogP contribution in [0.15, 0.2) is 0 Å². The molecule has 19 heavy (non-hydrogen) atoms. The summed E-state index contributed by atoms with van der Waals surface area (Å²) in [6, 6.07) is 1.41. The quantitative estimate of drug-likeness (QED) is 0.791. The monoisotopic (exact) mass is 266 g/mol. The predicted octanol–water partition coefficient (Wildman–Crippen LogP) is 3.52. The van der Waals surface area contributed by atoms with Crippen molar-refractivity contribution in [3.8, 4) is 0 Å². The maximum absolute atomic E-state index is 3.86. The Morgan fingerprint density at radius 1 is 1.32 bits per heavy atom. The molecular formula is C17H34N2. The molecule has 2 aliphatic rings. The first-order chi connectivity index (χ1) is 8.95. The molecule has 2 saturated carbocycles. The predicted molar refractivity (Wildman–Crippen MR) is 83.4 cm³/mol. The van der Waals surface area contributed by atoms with E-state index in [1.54, 1.807) is 0 Å². The third-order valence-corrected chi connectivity index (χ3v) is 5.53. The molecule has 0 spiro atoms. The van der Waals surface area contributed by atoms with E-state index in [1.165, 1.54) is 38.6 Å². The minimum Gasteiger partial charge on any atom is -0.312 e. The molecule has 2 fully saturated rings. The molecule has 2 rings (SSSR count). The minimum absolute atomic E-state index is 0.446. The van der Waals surface area contributed by atoms with Gasteiger partial charge in [-0.2, -0.15) is 0 Å². The van der Waals surface area contributed by atoms with Crippen LogP contribution in [0, 0.1) is 17.3 Å². The lowest BCUT2D eigenvalue weighted by Gasteiger charge is -2.48. The summed E-state index contributed by atoms with van der Waals surface area (Å²) in [5, 5.41) is 3.86. The Morgan fingerprint density at radius 2 is 2.00 bits per heavy atom. The largest absolute Gasteiger partial charge is 0.312 e. The van der Waals surface area contributed by atoms with Gasteiger partial charge in [0.15, 0.2) is 0 Å². The summed E-state index contributed by atoms with van der Waals surface area (Å²) in [6.45, 7) is 12.1. The molecule has 0 radical (unpaired) electrons. The molecule has 0 aliphatic heterocycles. The number of hydrogen-bond donors (Lipinski definition) is 1. The summed E-state index contributed by atoms with van der Waals surface area (Å²) in [6.07, 6.45) is 6.84. The van der Waals surface area contributed by atoms with Crippen LogP contribution in [0.2, 0.25) is 0 Å². The van der Waals surface area contributed by atoms with Crippen LogP contribution in [-0.2, 0) is 0 Å². The topological polar surface area (TPSA) is 15.3 Å². The van der Waals surface area contributed by atoms with Crippen LogP contribution in [0.5, 0.6) is 0 Å². The van der Waals surface area contributed by atoms with E-state index in [0.717, 1.165) is 24.4 Å². The van der Waals surface area contributed by atoms with Crippen molar-refractivity contribution in [2.75, 3.05) is 20.1 Å². The lowest BCUT2D eigenvalue weighted by atomic mass is 9.70. The van der Waals surface area contributed by atoms with Gasteiger partial charge in [0.05, 0.1) is 0 Å². The molecule has 1 N–H and O–H groups in total. The lowest BCUT2D eigenvalue weighted by Crippen LogP contribution is -2.58. The second kappa shape index (κ2) is 6.13. The molecule has 0 aromatic carbocycles. The molecule has 4 atom stereocenters. The van der Waals surface area contributed by atoms with Gasteiger partial charge in [-0.25, -0.2) is 0 Å². The van der Waals surface area contributed by atoms with Gasteiger partial charge in [-0.3, -0.25) is 0 Å². The van der Waals surface area contributed by atoms with Crippen molar-refractivity contribution in [2.45, 2.75) is 71.9 Å². The molecule has 112 valence electrons. The number of rotatable bonds is 6. The van der Waals surface area contributed by atoms with Gasteiger partial charge in [0, 0.05) is 18.6 Å². The van der Waals surface area contributed by atoms with E-state index in [0.29, 0.717) is 11.5 Å². The fourth-order valence-electron chi connectivity index (χ4n) is 3.96. The van der Waals surface area contributed by atoms with Crippen LogP contribution in [-0.4, -0.2) is 37.1 Å². The standard InChI is InChI=1S/C17H34N2/c1-6-10-18-16-15(8-7-9-17(16,3)4)19(5)12-14-11-13(14)2/h13-16,18H,6-12H2,1-5H3. The molecule has 0 heterocycles. The van der Waals surface area contributed by atoms with Crippen molar-refractivity contribution in [3.05, 3.63) is 0 Å². The van der Waals surface area contributed by atoms with E-state index in [1.807, 2.05) is 0 Å². The van der Waals surface area contributed by atoms with Crippen molar-refractivity contribution in [2.24, 2.45) is 17.3 Å². The van der Waals surface area contributed by atoms with E-state index in [9.17, 15) is 0 Å². The minimum atomic E-state index is 0.446. The van der Waals surface area contributed by atoms with Crippen molar-refractivity contribution < 1.29 is 0 Å². The lowest BCUT2D eigenvalue weighted by molar-refractivity contribution is 0.0598. The zero-order valence-corrected chi connectivity index (χ0v) is 13.7. The maximum Gasteiger partial charge on any atom is 0.0274 e. The van der Waals surface area contributed by atoms with Crippen LogP contribution in [0.3, 0.4) is 0 Å². The van der Waals surface area contributed by atoms with Crippen molar-refractivity contribution in [3.63, 3.8) is 0 Å². The van der Waals surface area contributed by atoms with Crippen molar-refractivity contribution in [1.82, 2.24) is 10.2 Å². The summed E-state index contributed by atoms with van der Waals surface area (Å²) in [4.78, 5) is 2.67. The van der Waals surface area contributed by atoms with E-state index >= 15 is 0 Å². The number of likely N-dealkylation sites (N-methyl/N-ethyl adjacent to an activating group) is 1. The fourth-order valence-corrected chi connectivity index (χ4v) is 3.96.